The van der Waals surface area contributed by atoms with Gasteiger partial charge in [-0.25, -0.2) is 36.5 Å². The third kappa shape index (κ3) is 7.78. The molecule has 1 saturated heterocycles. The zero-order valence-electron chi connectivity index (χ0n) is 22.9. The summed E-state index contributed by atoms with van der Waals surface area (Å²) in [4.78, 5) is 12.5. The maximum Gasteiger partial charge on any atom is 0.416 e. The van der Waals surface area contributed by atoms with Crippen LogP contribution in [0.3, 0.4) is 0 Å². The molecule has 5 rings (SSSR count). The number of alkyl halides is 4. The van der Waals surface area contributed by atoms with E-state index in [9.17, 15) is 34.8 Å². The van der Waals surface area contributed by atoms with E-state index in [1.807, 2.05) is 0 Å². The zero-order chi connectivity index (χ0) is 32.4. The maximum absolute atomic E-state index is 15.1. The van der Waals surface area contributed by atoms with Gasteiger partial charge in [0.1, 0.15) is 11.9 Å². The molecular weight excluding hydrogens is 633 g/mol. The van der Waals surface area contributed by atoms with Gasteiger partial charge in [0.25, 0.3) is 0 Å². The number of nitrogens with one attached hydrogen (secondary N) is 3. The lowest BCUT2D eigenvalue weighted by molar-refractivity contribution is -0.137. The van der Waals surface area contributed by atoms with Crippen LogP contribution in [0, 0.1) is 17.5 Å². The number of benzene rings is 2. The van der Waals surface area contributed by atoms with Gasteiger partial charge in [0.2, 0.25) is 27.7 Å². The van der Waals surface area contributed by atoms with Crippen LogP contribution in [0.5, 0.6) is 11.6 Å². The minimum atomic E-state index is -4.75. The van der Waals surface area contributed by atoms with Crippen LogP contribution in [-0.4, -0.2) is 48.7 Å². The van der Waals surface area contributed by atoms with Gasteiger partial charge >= 0.3 is 6.18 Å². The topological polar surface area (TPSA) is 118 Å². The van der Waals surface area contributed by atoms with Gasteiger partial charge in [0, 0.05) is 44.0 Å². The fourth-order valence-corrected chi connectivity index (χ4v) is 5.71. The van der Waals surface area contributed by atoms with E-state index in [2.05, 4.69) is 25.6 Å². The molecule has 2 aromatic heterocycles. The Kier molecular flexibility index (Phi) is 9.11. The minimum absolute atomic E-state index is 0.147. The van der Waals surface area contributed by atoms with E-state index in [-0.39, 0.29) is 47.7 Å². The highest BCUT2D eigenvalue weighted by Gasteiger charge is 2.31. The van der Waals surface area contributed by atoms with Crippen molar-refractivity contribution in [3.05, 3.63) is 89.5 Å². The maximum atomic E-state index is 15.1. The lowest BCUT2D eigenvalue weighted by Gasteiger charge is -2.26. The summed E-state index contributed by atoms with van der Waals surface area (Å²) in [7, 11) is -4.71. The van der Waals surface area contributed by atoms with Crippen molar-refractivity contribution in [3.8, 4) is 22.9 Å². The molecular formula is C28H23F7N6O3S. The van der Waals surface area contributed by atoms with Crippen LogP contribution in [0.15, 0.2) is 60.9 Å². The number of nitrogens with zero attached hydrogens (tertiary/aromatic N) is 3. The van der Waals surface area contributed by atoms with Crippen molar-refractivity contribution < 1.29 is 43.9 Å². The van der Waals surface area contributed by atoms with Crippen molar-refractivity contribution in [1.29, 1.82) is 0 Å². The molecule has 3 N–H and O–H groups in total. The molecule has 1 aliphatic heterocycles. The minimum Gasteiger partial charge on any atom is -0.435 e. The Balaban J connectivity index is 1.36. The Hall–Kier alpha value is -4.51. The van der Waals surface area contributed by atoms with Gasteiger partial charge in [-0.3, -0.25) is 4.72 Å². The molecule has 1 aliphatic rings. The van der Waals surface area contributed by atoms with Crippen molar-refractivity contribution in [2.45, 2.75) is 30.6 Å². The van der Waals surface area contributed by atoms with E-state index < -0.39 is 62.6 Å². The number of piperidine rings is 1. The molecule has 238 valence electrons. The molecule has 2 aromatic carbocycles. The number of sulfonamides is 1. The van der Waals surface area contributed by atoms with E-state index in [0.29, 0.717) is 18.7 Å². The SMILES string of the molecule is O=S(=O)(Cc1cccc(C(F)(F)F)c1)Nc1c(F)cc(Oc2ncccc2-c2ccnc(N[C@@H]3CNC[C@@H](F)C3)n2)c(F)c1F. The third-order valence-corrected chi connectivity index (χ3v) is 7.76. The highest BCUT2D eigenvalue weighted by atomic mass is 32.2. The first kappa shape index (κ1) is 31.9. The van der Waals surface area contributed by atoms with Crippen LogP contribution in [0.25, 0.3) is 11.3 Å². The predicted molar refractivity (Wildman–Crippen MR) is 149 cm³/mol. The van der Waals surface area contributed by atoms with Crippen LogP contribution >= 0.6 is 0 Å². The number of rotatable bonds is 9. The average molecular weight is 657 g/mol. The molecule has 0 bridgehead atoms. The molecule has 2 atom stereocenters. The van der Waals surface area contributed by atoms with Crippen molar-refractivity contribution in [2.75, 3.05) is 23.1 Å². The number of hydrogen-bond donors (Lipinski definition) is 3. The van der Waals surface area contributed by atoms with Crippen molar-refractivity contribution in [1.82, 2.24) is 20.3 Å². The summed E-state index contributed by atoms with van der Waals surface area (Å²) < 4.78 is 130. The van der Waals surface area contributed by atoms with Crippen molar-refractivity contribution in [3.63, 3.8) is 0 Å². The molecule has 3 heterocycles. The van der Waals surface area contributed by atoms with Gasteiger partial charge in [-0.05, 0) is 29.8 Å². The first-order chi connectivity index (χ1) is 21.3. The summed E-state index contributed by atoms with van der Waals surface area (Å²) in [5, 5.41) is 5.95. The number of anilines is 2. The fourth-order valence-electron chi connectivity index (χ4n) is 4.52. The first-order valence-electron chi connectivity index (χ1n) is 13.2. The molecule has 0 amide bonds. The van der Waals surface area contributed by atoms with Gasteiger partial charge in [-0.2, -0.15) is 17.6 Å². The molecule has 9 nitrogen and oxygen atoms in total. The largest absolute Gasteiger partial charge is 0.435 e. The summed E-state index contributed by atoms with van der Waals surface area (Å²) in [5.74, 6) is -7.56. The standard InChI is InChI=1S/C28H23F7N6O3S/c29-17-10-18(13-36-12-17)39-27-38-8-6-21(40-27)19-5-2-7-37-26(19)44-22-11-20(30)25(24(32)23(22)31)41-45(42,43)14-15-3-1-4-16(9-15)28(33,34)35/h1-9,11,17-18,36,41H,10,12-14H2,(H,38,39,40)/t17-,18-/m0/s1. The van der Waals surface area contributed by atoms with Gasteiger partial charge in [0.05, 0.1) is 22.6 Å². The molecule has 4 aromatic rings. The highest BCUT2D eigenvalue weighted by molar-refractivity contribution is 7.91. The second-order valence-corrected chi connectivity index (χ2v) is 11.7. The Labute approximate surface area is 251 Å². The quantitative estimate of drug-likeness (QED) is 0.152. The molecule has 0 radical (unpaired) electrons. The van der Waals surface area contributed by atoms with Crippen LogP contribution in [-0.2, 0) is 22.0 Å². The number of ether oxygens (including phenoxy) is 1. The summed E-state index contributed by atoms with van der Waals surface area (Å²) in [6.45, 7) is 0.711. The normalized spacial score (nSPS) is 17.1. The van der Waals surface area contributed by atoms with Crippen molar-refractivity contribution in [2.24, 2.45) is 0 Å². The van der Waals surface area contributed by atoms with E-state index in [1.165, 1.54) is 30.6 Å². The molecule has 0 aliphatic carbocycles. The molecule has 17 heteroatoms. The second kappa shape index (κ2) is 12.8. The van der Waals surface area contributed by atoms with Gasteiger partial charge < -0.3 is 15.4 Å². The number of hydrogen-bond acceptors (Lipinski definition) is 8. The van der Waals surface area contributed by atoms with Crippen LogP contribution in [0.1, 0.15) is 17.5 Å². The first-order valence-corrected chi connectivity index (χ1v) is 14.9. The number of aromatic nitrogens is 3. The molecule has 0 saturated carbocycles. The predicted octanol–water partition coefficient (Wildman–Crippen LogP) is 5.82. The van der Waals surface area contributed by atoms with Crippen molar-refractivity contribution >= 4 is 21.7 Å². The summed E-state index contributed by atoms with van der Waals surface area (Å²) in [6.07, 6.45) is -2.92. The van der Waals surface area contributed by atoms with Gasteiger partial charge in [0.15, 0.2) is 17.4 Å². The number of pyridine rings is 1. The van der Waals surface area contributed by atoms with Crippen LogP contribution in [0.4, 0.5) is 42.4 Å². The lowest BCUT2D eigenvalue weighted by Crippen LogP contribution is -2.44. The van der Waals surface area contributed by atoms with E-state index in [1.54, 1.807) is 4.72 Å². The van der Waals surface area contributed by atoms with E-state index in [0.717, 1.165) is 18.2 Å². The molecule has 45 heavy (non-hydrogen) atoms. The lowest BCUT2D eigenvalue weighted by atomic mass is 10.1. The van der Waals surface area contributed by atoms with E-state index in [4.69, 9.17) is 4.74 Å². The molecule has 0 spiro atoms. The molecule has 1 fully saturated rings. The van der Waals surface area contributed by atoms with Gasteiger partial charge in [-0.1, -0.05) is 18.2 Å². The third-order valence-electron chi connectivity index (χ3n) is 6.53. The fraction of sp³-hybridized carbons (Fsp3) is 0.250. The highest BCUT2D eigenvalue weighted by Crippen LogP contribution is 2.36. The second-order valence-electron chi connectivity index (χ2n) is 9.97. The van der Waals surface area contributed by atoms with Crippen LogP contribution in [0.2, 0.25) is 0 Å². The van der Waals surface area contributed by atoms with Gasteiger partial charge in [-0.15, -0.1) is 0 Å². The monoisotopic (exact) mass is 656 g/mol. The van der Waals surface area contributed by atoms with E-state index >= 15 is 4.39 Å². The average Bonchev–Trinajstić information content (AvgIpc) is 2.98. The Morgan fingerprint density at radius 2 is 1.78 bits per heavy atom. The Morgan fingerprint density at radius 3 is 2.53 bits per heavy atom. The Bertz CT molecular complexity index is 1810. The zero-order valence-corrected chi connectivity index (χ0v) is 23.7. The molecule has 0 unspecified atom stereocenters. The number of halogens is 7. The summed E-state index contributed by atoms with van der Waals surface area (Å²) in [6, 6.07) is 7.87. The Morgan fingerprint density at radius 1 is 0.978 bits per heavy atom. The smallest absolute Gasteiger partial charge is 0.416 e. The van der Waals surface area contributed by atoms with Crippen LogP contribution < -0.4 is 20.1 Å². The summed E-state index contributed by atoms with van der Waals surface area (Å²) >= 11 is 0. The summed E-state index contributed by atoms with van der Waals surface area (Å²) in [5.41, 5.74) is -2.46.